The van der Waals surface area contributed by atoms with Gasteiger partial charge in [0.1, 0.15) is 5.75 Å². The molecule has 2 rings (SSSR count). The summed E-state index contributed by atoms with van der Waals surface area (Å²) in [7, 11) is 0. The molecule has 2 N–H and O–H groups in total. The van der Waals surface area contributed by atoms with Crippen molar-refractivity contribution in [2.75, 3.05) is 26.2 Å². The van der Waals surface area contributed by atoms with Gasteiger partial charge in [-0.25, -0.2) is 0 Å². The van der Waals surface area contributed by atoms with Crippen LogP contribution in [0.4, 0.5) is 0 Å². The van der Waals surface area contributed by atoms with E-state index in [0.717, 1.165) is 30.8 Å². The van der Waals surface area contributed by atoms with Gasteiger partial charge in [0.2, 0.25) is 0 Å². The number of hydrogen-bond donors (Lipinski definition) is 2. The lowest BCUT2D eigenvalue weighted by Crippen LogP contribution is -2.35. The maximum Gasteiger partial charge on any atom is 0.121 e. The van der Waals surface area contributed by atoms with E-state index in [1.165, 1.54) is 37.9 Å². The number of rotatable bonds is 5. The third kappa shape index (κ3) is 4.22. The maximum absolute atomic E-state index is 9.75. The Bertz CT molecular complexity index is 388. The summed E-state index contributed by atoms with van der Waals surface area (Å²) >= 11 is 0. The van der Waals surface area contributed by atoms with E-state index < -0.39 is 0 Å². The summed E-state index contributed by atoms with van der Waals surface area (Å²) in [5.74, 6) is 0.428. The molecule has 1 fully saturated rings. The Kier molecular flexibility index (Phi) is 5.23. The van der Waals surface area contributed by atoms with Crippen LogP contribution in [0.3, 0.4) is 0 Å². The zero-order chi connectivity index (χ0) is 13.7. The molecular formula is C16H26N2O. The molecule has 0 bridgehead atoms. The Morgan fingerprint density at radius 2 is 1.74 bits per heavy atom. The van der Waals surface area contributed by atoms with E-state index in [4.69, 9.17) is 0 Å². The van der Waals surface area contributed by atoms with Crippen molar-refractivity contribution in [2.24, 2.45) is 0 Å². The number of phenolic OH excluding ortho intramolecular Hbond substituents is 1. The van der Waals surface area contributed by atoms with Crippen molar-refractivity contribution in [3.05, 3.63) is 28.8 Å². The summed E-state index contributed by atoms with van der Waals surface area (Å²) in [4.78, 5) is 2.55. The molecule has 0 amide bonds. The van der Waals surface area contributed by atoms with Crippen LogP contribution in [0.5, 0.6) is 5.75 Å². The van der Waals surface area contributed by atoms with Gasteiger partial charge in [-0.15, -0.1) is 0 Å². The molecule has 0 radical (unpaired) electrons. The van der Waals surface area contributed by atoms with E-state index in [9.17, 15) is 5.11 Å². The topological polar surface area (TPSA) is 35.5 Å². The lowest BCUT2D eigenvalue weighted by molar-refractivity contribution is 0.229. The summed E-state index contributed by atoms with van der Waals surface area (Å²) in [6, 6.07) is 4.13. The van der Waals surface area contributed by atoms with Gasteiger partial charge in [-0.05, 0) is 56.5 Å². The number of benzene rings is 1. The molecule has 1 aliphatic rings. The fourth-order valence-electron chi connectivity index (χ4n) is 2.80. The average molecular weight is 262 g/mol. The summed E-state index contributed by atoms with van der Waals surface area (Å²) in [6.07, 6.45) is 4.11. The minimum absolute atomic E-state index is 0.428. The average Bonchev–Trinajstić information content (AvgIpc) is 2.42. The van der Waals surface area contributed by atoms with E-state index in [-0.39, 0.29) is 0 Å². The highest BCUT2D eigenvalue weighted by atomic mass is 16.3. The summed E-state index contributed by atoms with van der Waals surface area (Å²) in [5.41, 5.74) is 3.19. The number of piperidine rings is 1. The molecule has 1 saturated heterocycles. The molecule has 1 aromatic carbocycles. The molecule has 3 nitrogen and oxygen atoms in total. The van der Waals surface area contributed by atoms with Gasteiger partial charge in [-0.1, -0.05) is 18.6 Å². The molecule has 19 heavy (non-hydrogen) atoms. The van der Waals surface area contributed by atoms with Crippen LogP contribution >= 0.6 is 0 Å². The second-order valence-electron chi connectivity index (χ2n) is 5.66. The van der Waals surface area contributed by atoms with Crippen molar-refractivity contribution in [2.45, 2.75) is 39.7 Å². The number of hydrogen-bond acceptors (Lipinski definition) is 3. The standard InChI is InChI=1S/C16H26N2O/c1-13-10-15(11-14(2)16(13)19)12-17-6-9-18-7-4-3-5-8-18/h10-11,17,19H,3-9,12H2,1-2H3. The minimum Gasteiger partial charge on any atom is -0.507 e. The molecule has 1 aliphatic heterocycles. The van der Waals surface area contributed by atoms with Crippen molar-refractivity contribution in [1.29, 1.82) is 0 Å². The molecule has 0 atom stereocenters. The first-order valence-electron chi connectivity index (χ1n) is 7.39. The number of aromatic hydroxyl groups is 1. The maximum atomic E-state index is 9.75. The van der Waals surface area contributed by atoms with E-state index in [2.05, 4.69) is 22.3 Å². The highest BCUT2D eigenvalue weighted by Crippen LogP contribution is 2.22. The van der Waals surface area contributed by atoms with Gasteiger partial charge in [0.05, 0.1) is 0 Å². The first-order valence-corrected chi connectivity index (χ1v) is 7.39. The molecular weight excluding hydrogens is 236 g/mol. The third-order valence-electron chi connectivity index (χ3n) is 3.93. The smallest absolute Gasteiger partial charge is 0.121 e. The summed E-state index contributed by atoms with van der Waals surface area (Å²) in [6.45, 7) is 9.52. The predicted molar refractivity (Wildman–Crippen MR) is 79.6 cm³/mol. The Labute approximate surface area is 116 Å². The highest BCUT2D eigenvalue weighted by Gasteiger charge is 2.09. The van der Waals surface area contributed by atoms with E-state index in [1.54, 1.807) is 0 Å². The third-order valence-corrected chi connectivity index (χ3v) is 3.93. The van der Waals surface area contributed by atoms with Gasteiger partial charge in [-0.2, -0.15) is 0 Å². The minimum atomic E-state index is 0.428. The molecule has 1 heterocycles. The molecule has 0 unspecified atom stereocenters. The molecule has 0 aliphatic carbocycles. The highest BCUT2D eigenvalue weighted by molar-refractivity contribution is 5.42. The molecule has 3 heteroatoms. The largest absolute Gasteiger partial charge is 0.507 e. The van der Waals surface area contributed by atoms with Crippen LogP contribution in [0.1, 0.15) is 36.0 Å². The first kappa shape index (κ1) is 14.4. The van der Waals surface area contributed by atoms with E-state index >= 15 is 0 Å². The second-order valence-corrected chi connectivity index (χ2v) is 5.66. The van der Waals surface area contributed by atoms with Gasteiger partial charge >= 0.3 is 0 Å². The normalized spacial score (nSPS) is 16.7. The predicted octanol–water partition coefficient (Wildman–Crippen LogP) is 2.58. The molecule has 0 spiro atoms. The van der Waals surface area contributed by atoms with Crippen LogP contribution in [-0.2, 0) is 6.54 Å². The van der Waals surface area contributed by atoms with Crippen LogP contribution in [0.25, 0.3) is 0 Å². The number of likely N-dealkylation sites (tertiary alicyclic amines) is 1. The monoisotopic (exact) mass is 262 g/mol. The van der Waals surface area contributed by atoms with Gasteiger partial charge in [0, 0.05) is 19.6 Å². The Balaban J connectivity index is 1.73. The number of phenols is 1. The van der Waals surface area contributed by atoms with Gasteiger partial charge in [0.15, 0.2) is 0 Å². The van der Waals surface area contributed by atoms with Crippen LogP contribution in [0.15, 0.2) is 12.1 Å². The SMILES string of the molecule is Cc1cc(CNCCN2CCCCC2)cc(C)c1O. The Hall–Kier alpha value is -1.06. The van der Waals surface area contributed by atoms with Gasteiger partial charge in [-0.3, -0.25) is 0 Å². The number of nitrogens with one attached hydrogen (secondary N) is 1. The Morgan fingerprint density at radius 3 is 2.37 bits per heavy atom. The fraction of sp³-hybridized carbons (Fsp3) is 0.625. The zero-order valence-electron chi connectivity index (χ0n) is 12.2. The van der Waals surface area contributed by atoms with Crippen molar-refractivity contribution in [1.82, 2.24) is 10.2 Å². The zero-order valence-corrected chi connectivity index (χ0v) is 12.2. The van der Waals surface area contributed by atoms with Crippen molar-refractivity contribution in [3.8, 4) is 5.75 Å². The van der Waals surface area contributed by atoms with Crippen LogP contribution in [-0.4, -0.2) is 36.2 Å². The van der Waals surface area contributed by atoms with Crippen molar-refractivity contribution >= 4 is 0 Å². The molecule has 0 aromatic heterocycles. The second kappa shape index (κ2) is 6.92. The Morgan fingerprint density at radius 1 is 1.11 bits per heavy atom. The molecule has 106 valence electrons. The lowest BCUT2D eigenvalue weighted by Gasteiger charge is -2.26. The van der Waals surface area contributed by atoms with Crippen LogP contribution in [0, 0.1) is 13.8 Å². The van der Waals surface area contributed by atoms with E-state index in [1.807, 2.05) is 13.8 Å². The van der Waals surface area contributed by atoms with Gasteiger partial charge < -0.3 is 15.3 Å². The molecule has 0 saturated carbocycles. The van der Waals surface area contributed by atoms with Crippen molar-refractivity contribution in [3.63, 3.8) is 0 Å². The summed E-state index contributed by atoms with van der Waals surface area (Å²) in [5, 5.41) is 13.2. The quantitative estimate of drug-likeness (QED) is 0.801. The number of aryl methyl sites for hydroxylation is 2. The van der Waals surface area contributed by atoms with Crippen LogP contribution < -0.4 is 5.32 Å². The lowest BCUT2D eigenvalue weighted by atomic mass is 10.1. The van der Waals surface area contributed by atoms with Crippen molar-refractivity contribution < 1.29 is 5.11 Å². The van der Waals surface area contributed by atoms with E-state index in [0.29, 0.717) is 5.75 Å². The van der Waals surface area contributed by atoms with Crippen LogP contribution in [0.2, 0.25) is 0 Å². The fourth-order valence-corrected chi connectivity index (χ4v) is 2.80. The summed E-state index contributed by atoms with van der Waals surface area (Å²) < 4.78 is 0. The number of nitrogens with zero attached hydrogens (tertiary/aromatic N) is 1. The van der Waals surface area contributed by atoms with Gasteiger partial charge in [0.25, 0.3) is 0 Å². The first-order chi connectivity index (χ1) is 9.16. The molecule has 1 aromatic rings.